The molecular formula is C13H12FN3O4. The molecule has 1 unspecified atom stereocenters. The second-order valence-electron chi connectivity index (χ2n) is 4.23. The van der Waals surface area contributed by atoms with Crippen LogP contribution in [0.1, 0.15) is 17.4 Å². The molecule has 0 fully saturated rings. The second kappa shape index (κ2) is 6.04. The number of rotatable bonds is 4. The summed E-state index contributed by atoms with van der Waals surface area (Å²) >= 11 is 0. The average Bonchev–Trinajstić information content (AvgIpc) is 2.87. The molecule has 0 aliphatic rings. The first-order chi connectivity index (χ1) is 9.97. The molecule has 7 nitrogen and oxygen atoms in total. The van der Waals surface area contributed by atoms with Crippen LogP contribution in [-0.2, 0) is 0 Å². The summed E-state index contributed by atoms with van der Waals surface area (Å²) in [5.74, 6) is -1.01. The first-order valence-corrected chi connectivity index (χ1v) is 5.98. The van der Waals surface area contributed by atoms with E-state index in [9.17, 15) is 14.0 Å². The van der Waals surface area contributed by atoms with Crippen LogP contribution in [0.25, 0.3) is 11.1 Å². The monoisotopic (exact) mass is 293 g/mol. The van der Waals surface area contributed by atoms with Gasteiger partial charge in [-0.05, 0) is 24.6 Å². The van der Waals surface area contributed by atoms with E-state index in [1.165, 1.54) is 37.5 Å². The number of carbonyl (C=O) groups excluding carboxylic acids is 1. The number of nitrogens with zero attached hydrogens (tertiary/aromatic N) is 1. The van der Waals surface area contributed by atoms with Gasteiger partial charge in [0.25, 0.3) is 5.91 Å². The van der Waals surface area contributed by atoms with E-state index in [2.05, 4.69) is 15.8 Å². The summed E-state index contributed by atoms with van der Waals surface area (Å²) in [5.41, 5.74) is 0.928. The molecule has 1 heterocycles. The van der Waals surface area contributed by atoms with Crippen LogP contribution in [0.15, 0.2) is 35.1 Å². The van der Waals surface area contributed by atoms with E-state index in [0.717, 1.165) is 0 Å². The second-order valence-corrected chi connectivity index (χ2v) is 4.23. The summed E-state index contributed by atoms with van der Waals surface area (Å²) in [6, 6.07) is 5.46. The summed E-state index contributed by atoms with van der Waals surface area (Å²) in [4.78, 5) is 22.5. The van der Waals surface area contributed by atoms with Crippen molar-refractivity contribution in [1.29, 1.82) is 0 Å². The lowest BCUT2D eigenvalue weighted by Gasteiger charge is -2.12. The lowest BCUT2D eigenvalue weighted by molar-refractivity contribution is 0.0925. The molecule has 0 spiro atoms. The Morgan fingerprint density at radius 1 is 1.29 bits per heavy atom. The summed E-state index contributed by atoms with van der Waals surface area (Å²) < 4.78 is 17.7. The lowest BCUT2D eigenvalue weighted by Crippen LogP contribution is -2.45. The van der Waals surface area contributed by atoms with Gasteiger partial charge in [0.2, 0.25) is 0 Å². The molecule has 8 heteroatoms. The van der Waals surface area contributed by atoms with Gasteiger partial charge >= 0.3 is 6.09 Å². The number of amides is 2. The highest BCUT2D eigenvalue weighted by Gasteiger charge is 2.19. The van der Waals surface area contributed by atoms with Gasteiger partial charge < -0.3 is 20.3 Å². The zero-order valence-electron chi connectivity index (χ0n) is 11.0. The number of halogens is 1. The highest BCUT2D eigenvalue weighted by atomic mass is 19.1. The lowest BCUT2D eigenvalue weighted by atomic mass is 10.1. The molecule has 3 N–H and O–H groups in total. The molecule has 2 rings (SSSR count). The van der Waals surface area contributed by atoms with E-state index in [0.29, 0.717) is 11.1 Å². The van der Waals surface area contributed by atoms with Gasteiger partial charge in [-0.3, -0.25) is 4.79 Å². The van der Waals surface area contributed by atoms with Crippen molar-refractivity contribution in [1.82, 2.24) is 15.8 Å². The van der Waals surface area contributed by atoms with Crippen LogP contribution in [0.4, 0.5) is 9.18 Å². The Morgan fingerprint density at radius 2 is 1.95 bits per heavy atom. The molecule has 1 atom stereocenters. The fraction of sp³-hybridized carbons (Fsp3) is 0.154. The topological polar surface area (TPSA) is 104 Å². The first kappa shape index (κ1) is 14.5. The van der Waals surface area contributed by atoms with Crippen LogP contribution in [0, 0.1) is 5.82 Å². The average molecular weight is 293 g/mol. The molecule has 0 aliphatic carbocycles. The maximum absolute atomic E-state index is 12.9. The van der Waals surface area contributed by atoms with Gasteiger partial charge in [-0.2, -0.15) is 0 Å². The largest absolute Gasteiger partial charge is 0.465 e. The number of carboxylic acid groups (broad SMARTS) is 1. The normalized spacial score (nSPS) is 11.7. The van der Waals surface area contributed by atoms with Gasteiger partial charge in [0.15, 0.2) is 5.69 Å². The van der Waals surface area contributed by atoms with E-state index >= 15 is 0 Å². The van der Waals surface area contributed by atoms with Crippen molar-refractivity contribution in [2.75, 3.05) is 0 Å². The minimum atomic E-state index is -1.26. The molecule has 1 aromatic carbocycles. The van der Waals surface area contributed by atoms with E-state index < -0.39 is 24.0 Å². The zero-order chi connectivity index (χ0) is 15.4. The minimum absolute atomic E-state index is 0.0133. The maximum Gasteiger partial charge on any atom is 0.406 e. The highest BCUT2D eigenvalue weighted by Crippen LogP contribution is 2.23. The Balaban J connectivity index is 2.18. The zero-order valence-corrected chi connectivity index (χ0v) is 11.0. The highest BCUT2D eigenvalue weighted by molar-refractivity contribution is 5.98. The van der Waals surface area contributed by atoms with Crippen molar-refractivity contribution in [3.05, 3.63) is 42.0 Å². The van der Waals surface area contributed by atoms with Gasteiger partial charge in [-0.1, -0.05) is 17.3 Å². The molecule has 2 aromatic rings. The third-order valence-electron chi connectivity index (χ3n) is 2.63. The third kappa shape index (κ3) is 3.56. The van der Waals surface area contributed by atoms with Crippen LogP contribution in [-0.4, -0.2) is 28.4 Å². The van der Waals surface area contributed by atoms with E-state index in [4.69, 9.17) is 9.63 Å². The van der Waals surface area contributed by atoms with Gasteiger partial charge in [0.1, 0.15) is 18.2 Å². The Kier molecular flexibility index (Phi) is 4.17. The Morgan fingerprint density at radius 3 is 2.57 bits per heavy atom. The van der Waals surface area contributed by atoms with E-state index in [1.54, 1.807) is 0 Å². The summed E-state index contributed by atoms with van der Waals surface area (Å²) in [7, 11) is 0. The standard InChI is InChI=1S/C13H12FN3O4/c1-7(16-13(19)20)15-12(18)11-10(6-21-17-11)8-2-4-9(14)5-3-8/h2-7,16H,1H3,(H,15,18)(H,19,20). The smallest absolute Gasteiger partial charge is 0.406 e. The number of aromatic nitrogens is 1. The molecule has 0 radical (unpaired) electrons. The Bertz CT molecular complexity index is 654. The molecular weight excluding hydrogens is 281 g/mol. The summed E-state index contributed by atoms with van der Waals surface area (Å²) in [5, 5.41) is 16.6. The molecule has 1 aromatic heterocycles. The Labute approximate surface area is 118 Å². The quantitative estimate of drug-likeness (QED) is 0.746. The van der Waals surface area contributed by atoms with Gasteiger partial charge in [0, 0.05) is 0 Å². The van der Waals surface area contributed by atoms with Crippen molar-refractivity contribution < 1.29 is 23.6 Å². The molecule has 0 saturated carbocycles. The number of carbonyl (C=O) groups is 2. The number of benzene rings is 1. The van der Waals surface area contributed by atoms with Crippen molar-refractivity contribution in [3.63, 3.8) is 0 Å². The van der Waals surface area contributed by atoms with Crippen LogP contribution < -0.4 is 10.6 Å². The van der Waals surface area contributed by atoms with Crippen molar-refractivity contribution in [2.24, 2.45) is 0 Å². The van der Waals surface area contributed by atoms with Crippen LogP contribution >= 0.6 is 0 Å². The molecule has 110 valence electrons. The molecule has 0 aliphatic heterocycles. The van der Waals surface area contributed by atoms with E-state index in [1.807, 2.05) is 0 Å². The fourth-order valence-electron chi connectivity index (χ4n) is 1.72. The fourth-order valence-corrected chi connectivity index (χ4v) is 1.72. The molecule has 2 amide bonds. The van der Waals surface area contributed by atoms with Crippen molar-refractivity contribution in [3.8, 4) is 11.1 Å². The van der Waals surface area contributed by atoms with Crippen molar-refractivity contribution in [2.45, 2.75) is 13.1 Å². The van der Waals surface area contributed by atoms with Gasteiger partial charge in [-0.15, -0.1) is 0 Å². The SMILES string of the molecule is CC(NC(=O)O)NC(=O)c1nocc1-c1ccc(F)cc1. The molecule has 21 heavy (non-hydrogen) atoms. The van der Waals surface area contributed by atoms with E-state index in [-0.39, 0.29) is 5.69 Å². The number of hydrogen-bond acceptors (Lipinski definition) is 4. The summed E-state index contributed by atoms with van der Waals surface area (Å²) in [6.07, 6.45) is -0.799. The van der Waals surface area contributed by atoms with Crippen molar-refractivity contribution >= 4 is 12.0 Å². The van der Waals surface area contributed by atoms with Crippen LogP contribution in [0.5, 0.6) is 0 Å². The molecule has 0 saturated heterocycles. The first-order valence-electron chi connectivity index (χ1n) is 5.98. The third-order valence-corrected chi connectivity index (χ3v) is 2.63. The number of hydrogen-bond donors (Lipinski definition) is 3. The molecule has 0 bridgehead atoms. The summed E-state index contributed by atoms with van der Waals surface area (Å²) in [6.45, 7) is 1.46. The van der Waals surface area contributed by atoms with Gasteiger partial charge in [0.05, 0.1) is 5.56 Å². The van der Waals surface area contributed by atoms with Gasteiger partial charge in [-0.25, -0.2) is 9.18 Å². The van der Waals surface area contributed by atoms with Crippen LogP contribution in [0.3, 0.4) is 0 Å². The predicted molar refractivity (Wildman–Crippen MR) is 70.0 cm³/mol. The predicted octanol–water partition coefficient (Wildman–Crippen LogP) is 1.82. The Hall–Kier alpha value is -2.90. The minimum Gasteiger partial charge on any atom is -0.465 e. The van der Waals surface area contributed by atoms with Crippen LogP contribution in [0.2, 0.25) is 0 Å². The number of nitrogens with one attached hydrogen (secondary N) is 2. The maximum atomic E-state index is 12.9.